The quantitative estimate of drug-likeness (QED) is 0.824. The van der Waals surface area contributed by atoms with E-state index in [1.54, 1.807) is 0 Å². The summed E-state index contributed by atoms with van der Waals surface area (Å²) >= 11 is 0. The van der Waals surface area contributed by atoms with Gasteiger partial charge in [-0.3, -0.25) is 4.90 Å². The van der Waals surface area contributed by atoms with E-state index in [4.69, 9.17) is 4.42 Å². The maximum Gasteiger partial charge on any atom is 0.123 e. The lowest BCUT2D eigenvalue weighted by Crippen LogP contribution is -2.22. The average molecular weight is 272 g/mol. The second-order valence-corrected chi connectivity index (χ2v) is 5.03. The van der Waals surface area contributed by atoms with E-state index in [0.29, 0.717) is 0 Å². The predicted molar refractivity (Wildman–Crippen MR) is 83.8 cm³/mol. The van der Waals surface area contributed by atoms with E-state index in [1.165, 1.54) is 5.56 Å². The normalized spacial score (nSPS) is 11.0. The van der Waals surface area contributed by atoms with Crippen LogP contribution in [0.3, 0.4) is 0 Å². The molecule has 0 bridgehead atoms. The Labute approximate surface area is 121 Å². The van der Waals surface area contributed by atoms with Crippen LogP contribution in [0.4, 0.5) is 5.69 Å². The summed E-state index contributed by atoms with van der Waals surface area (Å²) in [5.74, 6) is 1.92. The number of anilines is 1. The van der Waals surface area contributed by atoms with E-state index in [0.717, 1.165) is 43.4 Å². The van der Waals surface area contributed by atoms with Crippen LogP contribution in [0.5, 0.6) is 0 Å². The molecule has 0 amide bonds. The fourth-order valence-corrected chi connectivity index (χ4v) is 2.25. The molecule has 0 fully saturated rings. The van der Waals surface area contributed by atoms with Crippen LogP contribution < -0.4 is 5.32 Å². The summed E-state index contributed by atoms with van der Waals surface area (Å²) in [5.41, 5.74) is 2.48. The molecule has 108 valence electrons. The lowest BCUT2D eigenvalue weighted by Gasteiger charge is -2.18. The van der Waals surface area contributed by atoms with E-state index in [2.05, 4.69) is 48.3 Å². The van der Waals surface area contributed by atoms with Crippen LogP contribution in [0.1, 0.15) is 30.9 Å². The summed E-state index contributed by atoms with van der Waals surface area (Å²) in [4.78, 5) is 2.41. The highest BCUT2D eigenvalue weighted by Crippen LogP contribution is 2.15. The molecule has 2 rings (SSSR count). The van der Waals surface area contributed by atoms with Crippen LogP contribution in [0.25, 0.3) is 0 Å². The summed E-state index contributed by atoms with van der Waals surface area (Å²) < 4.78 is 5.56. The smallest absolute Gasteiger partial charge is 0.123 e. The molecule has 1 aromatic carbocycles. The Morgan fingerprint density at radius 3 is 2.55 bits per heavy atom. The van der Waals surface area contributed by atoms with Crippen LogP contribution in [-0.4, -0.2) is 18.0 Å². The Balaban J connectivity index is 1.95. The van der Waals surface area contributed by atoms with E-state index in [9.17, 15) is 0 Å². The first-order valence-electron chi connectivity index (χ1n) is 7.31. The maximum absolute atomic E-state index is 5.56. The summed E-state index contributed by atoms with van der Waals surface area (Å²) in [6.07, 6.45) is 0. The number of furan rings is 1. The zero-order valence-corrected chi connectivity index (χ0v) is 12.6. The zero-order chi connectivity index (χ0) is 14.4. The SMILES string of the molecule is CCN(CC)Cc1cccc(NCc2ccc(C)o2)c1. The fraction of sp³-hybridized carbons (Fsp3) is 0.412. The zero-order valence-electron chi connectivity index (χ0n) is 12.6. The van der Waals surface area contributed by atoms with Crippen molar-refractivity contribution in [3.8, 4) is 0 Å². The Hall–Kier alpha value is -1.74. The Morgan fingerprint density at radius 1 is 1.10 bits per heavy atom. The third-order valence-corrected chi connectivity index (χ3v) is 3.49. The Kier molecular flexibility index (Phi) is 5.24. The van der Waals surface area contributed by atoms with Gasteiger partial charge in [0.1, 0.15) is 11.5 Å². The molecule has 0 aliphatic carbocycles. The van der Waals surface area contributed by atoms with Gasteiger partial charge in [0, 0.05) is 12.2 Å². The van der Waals surface area contributed by atoms with Crippen molar-refractivity contribution in [2.24, 2.45) is 0 Å². The van der Waals surface area contributed by atoms with Crippen molar-refractivity contribution in [2.75, 3.05) is 18.4 Å². The van der Waals surface area contributed by atoms with E-state index >= 15 is 0 Å². The first-order valence-corrected chi connectivity index (χ1v) is 7.31. The summed E-state index contributed by atoms with van der Waals surface area (Å²) in [5, 5.41) is 3.41. The van der Waals surface area contributed by atoms with Crippen LogP contribution in [0.15, 0.2) is 40.8 Å². The van der Waals surface area contributed by atoms with Gasteiger partial charge in [-0.25, -0.2) is 0 Å². The molecular formula is C17H24N2O. The van der Waals surface area contributed by atoms with Crippen molar-refractivity contribution in [1.29, 1.82) is 0 Å². The summed E-state index contributed by atoms with van der Waals surface area (Å²) in [6, 6.07) is 12.6. The van der Waals surface area contributed by atoms with Gasteiger partial charge in [-0.1, -0.05) is 26.0 Å². The van der Waals surface area contributed by atoms with E-state index in [-0.39, 0.29) is 0 Å². The van der Waals surface area contributed by atoms with Crippen LogP contribution in [-0.2, 0) is 13.1 Å². The van der Waals surface area contributed by atoms with Crippen LogP contribution in [0, 0.1) is 6.92 Å². The largest absolute Gasteiger partial charge is 0.465 e. The minimum atomic E-state index is 0.725. The lowest BCUT2D eigenvalue weighted by molar-refractivity contribution is 0.296. The van der Waals surface area contributed by atoms with Gasteiger partial charge in [0.2, 0.25) is 0 Å². The topological polar surface area (TPSA) is 28.4 Å². The lowest BCUT2D eigenvalue weighted by atomic mass is 10.2. The second kappa shape index (κ2) is 7.15. The van der Waals surface area contributed by atoms with Crippen molar-refractivity contribution in [2.45, 2.75) is 33.9 Å². The minimum absolute atomic E-state index is 0.725. The molecule has 0 aliphatic rings. The molecule has 0 spiro atoms. The van der Waals surface area contributed by atoms with Crippen LogP contribution >= 0.6 is 0 Å². The standard InChI is InChI=1S/C17H24N2O/c1-4-19(5-2)13-15-7-6-8-16(11-15)18-12-17-10-9-14(3)20-17/h6-11,18H,4-5,12-13H2,1-3H3. The van der Waals surface area contributed by atoms with E-state index < -0.39 is 0 Å². The Morgan fingerprint density at radius 2 is 1.90 bits per heavy atom. The summed E-state index contributed by atoms with van der Waals surface area (Å²) in [7, 11) is 0. The number of nitrogens with zero attached hydrogens (tertiary/aromatic N) is 1. The van der Waals surface area contributed by atoms with Crippen molar-refractivity contribution < 1.29 is 4.42 Å². The second-order valence-electron chi connectivity index (χ2n) is 5.03. The molecule has 1 aromatic heterocycles. The monoisotopic (exact) mass is 272 g/mol. The molecule has 20 heavy (non-hydrogen) atoms. The van der Waals surface area contributed by atoms with Crippen molar-refractivity contribution in [3.63, 3.8) is 0 Å². The maximum atomic E-state index is 5.56. The number of aryl methyl sites for hydroxylation is 1. The highest BCUT2D eigenvalue weighted by molar-refractivity contribution is 5.45. The van der Waals surface area contributed by atoms with Gasteiger partial charge in [-0.15, -0.1) is 0 Å². The molecule has 1 heterocycles. The van der Waals surface area contributed by atoms with Crippen molar-refractivity contribution in [3.05, 3.63) is 53.5 Å². The van der Waals surface area contributed by atoms with Gasteiger partial charge in [-0.2, -0.15) is 0 Å². The molecule has 0 saturated carbocycles. The molecule has 0 unspecified atom stereocenters. The summed E-state index contributed by atoms with van der Waals surface area (Å²) in [6.45, 7) is 10.3. The molecule has 3 heteroatoms. The van der Waals surface area contributed by atoms with Gasteiger partial charge in [0.15, 0.2) is 0 Å². The highest BCUT2D eigenvalue weighted by atomic mass is 16.3. The molecule has 3 nitrogen and oxygen atoms in total. The molecule has 2 aromatic rings. The third kappa shape index (κ3) is 4.14. The first-order chi connectivity index (χ1) is 9.71. The van der Waals surface area contributed by atoms with Gasteiger partial charge in [-0.05, 0) is 49.8 Å². The van der Waals surface area contributed by atoms with Gasteiger partial charge in [0.25, 0.3) is 0 Å². The molecule has 0 radical (unpaired) electrons. The van der Waals surface area contributed by atoms with Crippen molar-refractivity contribution in [1.82, 2.24) is 4.90 Å². The third-order valence-electron chi connectivity index (χ3n) is 3.49. The fourth-order valence-electron chi connectivity index (χ4n) is 2.25. The predicted octanol–water partition coefficient (Wildman–Crippen LogP) is 4.04. The Bertz CT molecular complexity index is 529. The highest BCUT2D eigenvalue weighted by Gasteiger charge is 2.03. The number of rotatable bonds is 7. The van der Waals surface area contributed by atoms with Gasteiger partial charge in [0.05, 0.1) is 6.54 Å². The minimum Gasteiger partial charge on any atom is -0.465 e. The molecule has 0 aliphatic heterocycles. The van der Waals surface area contributed by atoms with E-state index in [1.807, 2.05) is 19.1 Å². The molecule has 0 atom stereocenters. The number of hydrogen-bond acceptors (Lipinski definition) is 3. The first kappa shape index (κ1) is 14.7. The molecule has 0 saturated heterocycles. The molecular weight excluding hydrogens is 248 g/mol. The van der Waals surface area contributed by atoms with Crippen LogP contribution in [0.2, 0.25) is 0 Å². The average Bonchev–Trinajstić information content (AvgIpc) is 2.89. The number of nitrogens with one attached hydrogen (secondary N) is 1. The van der Waals surface area contributed by atoms with Gasteiger partial charge >= 0.3 is 0 Å². The van der Waals surface area contributed by atoms with Gasteiger partial charge < -0.3 is 9.73 Å². The number of hydrogen-bond donors (Lipinski definition) is 1. The number of benzene rings is 1. The van der Waals surface area contributed by atoms with Crippen molar-refractivity contribution >= 4 is 5.69 Å². The molecule has 1 N–H and O–H groups in total.